The maximum absolute atomic E-state index is 12.7. The summed E-state index contributed by atoms with van der Waals surface area (Å²) in [5.74, 6) is 0.283. The van der Waals surface area contributed by atoms with Crippen LogP contribution in [-0.2, 0) is 9.53 Å². The Balaban J connectivity index is 1.60. The van der Waals surface area contributed by atoms with Crippen molar-refractivity contribution in [2.75, 3.05) is 25.3 Å². The Hall–Kier alpha value is -3.92. The van der Waals surface area contributed by atoms with Gasteiger partial charge >= 0.3 is 5.97 Å². The zero-order valence-electron chi connectivity index (χ0n) is 19.8. The minimum absolute atomic E-state index is 0.112. The molecule has 0 aliphatic carbocycles. The van der Waals surface area contributed by atoms with Crippen LogP contribution in [0.2, 0.25) is 0 Å². The number of thioether (sulfide) groups is 1. The van der Waals surface area contributed by atoms with Crippen LogP contribution in [0.15, 0.2) is 59.8 Å². The van der Waals surface area contributed by atoms with E-state index in [9.17, 15) is 9.59 Å². The van der Waals surface area contributed by atoms with E-state index in [4.69, 9.17) is 9.47 Å². The molecule has 0 aliphatic heterocycles. The smallest absolute Gasteiger partial charge is 0.337 e. The van der Waals surface area contributed by atoms with Gasteiger partial charge in [0.15, 0.2) is 0 Å². The number of nitrogens with zero attached hydrogens (tertiary/aromatic N) is 4. The van der Waals surface area contributed by atoms with Gasteiger partial charge in [-0.3, -0.25) is 4.79 Å². The highest BCUT2D eigenvalue weighted by Gasteiger charge is 2.20. The molecule has 2 heterocycles. The Morgan fingerprint density at radius 1 is 1.06 bits per heavy atom. The first-order valence-electron chi connectivity index (χ1n) is 10.9. The first kappa shape index (κ1) is 24.2. The van der Waals surface area contributed by atoms with E-state index in [-0.39, 0.29) is 17.6 Å². The number of aromatic nitrogens is 4. The molecule has 180 valence electrons. The molecule has 0 bridgehead atoms. The van der Waals surface area contributed by atoms with E-state index in [1.807, 2.05) is 24.3 Å². The largest absolute Gasteiger partial charge is 0.494 e. The van der Waals surface area contributed by atoms with Crippen molar-refractivity contribution in [2.45, 2.75) is 24.8 Å². The van der Waals surface area contributed by atoms with E-state index in [2.05, 4.69) is 34.5 Å². The van der Waals surface area contributed by atoms with Gasteiger partial charge in [0.2, 0.25) is 5.91 Å². The third-order valence-corrected chi connectivity index (χ3v) is 6.24. The van der Waals surface area contributed by atoms with Gasteiger partial charge in [0, 0.05) is 11.1 Å². The molecule has 0 atom stereocenters. The van der Waals surface area contributed by atoms with Gasteiger partial charge in [-0.05, 0) is 42.3 Å². The molecule has 1 amide bonds. The van der Waals surface area contributed by atoms with Crippen LogP contribution in [0.25, 0.3) is 16.6 Å². The SMILES string of the molecule is COC(=O)c1ccc(NC(=O)CSc2nnc(C(C)C)c3cnn(-c4ccccc4OC)c23)cc1. The Morgan fingerprint density at radius 2 is 1.80 bits per heavy atom. The molecule has 35 heavy (non-hydrogen) atoms. The highest BCUT2D eigenvalue weighted by molar-refractivity contribution is 8.00. The van der Waals surface area contributed by atoms with Crippen molar-refractivity contribution in [1.82, 2.24) is 20.0 Å². The highest BCUT2D eigenvalue weighted by Crippen LogP contribution is 2.33. The summed E-state index contributed by atoms with van der Waals surface area (Å²) in [5, 5.41) is 17.8. The molecule has 0 unspecified atom stereocenters. The number of esters is 1. The van der Waals surface area contributed by atoms with E-state index in [0.717, 1.165) is 22.3 Å². The van der Waals surface area contributed by atoms with Crippen LogP contribution in [0, 0.1) is 0 Å². The fraction of sp³-hybridized carbons (Fsp3) is 0.240. The second-order valence-corrected chi connectivity index (χ2v) is 8.91. The average molecular weight is 492 g/mol. The number of hydrogen-bond acceptors (Lipinski definition) is 8. The number of carbonyl (C=O) groups excluding carboxylic acids is 2. The lowest BCUT2D eigenvalue weighted by molar-refractivity contribution is -0.113. The monoisotopic (exact) mass is 491 g/mol. The predicted octanol–water partition coefficient (Wildman–Crippen LogP) is 4.46. The molecular formula is C25H25N5O4S. The minimum Gasteiger partial charge on any atom is -0.494 e. The lowest BCUT2D eigenvalue weighted by Gasteiger charge is -2.12. The summed E-state index contributed by atoms with van der Waals surface area (Å²) in [5.41, 5.74) is 3.36. The van der Waals surface area contributed by atoms with E-state index < -0.39 is 5.97 Å². The summed E-state index contributed by atoms with van der Waals surface area (Å²) >= 11 is 1.27. The first-order valence-corrected chi connectivity index (χ1v) is 11.9. The standard InChI is InChI=1S/C25H25N5O4S/c1-15(2)22-18-13-26-30(19-7-5-6-8-20(19)33-3)23(18)24(29-28-22)35-14-21(31)27-17-11-9-16(10-12-17)25(32)34-4/h5-13,15H,14H2,1-4H3,(H,27,31). The number of para-hydroxylation sites is 2. The number of rotatable bonds is 8. The third kappa shape index (κ3) is 5.12. The maximum atomic E-state index is 12.7. The van der Waals surface area contributed by atoms with Crippen LogP contribution in [-0.4, -0.2) is 51.8 Å². The van der Waals surface area contributed by atoms with E-state index >= 15 is 0 Å². The number of anilines is 1. The summed E-state index contributed by atoms with van der Waals surface area (Å²) < 4.78 is 12.0. The lowest BCUT2D eigenvalue weighted by Crippen LogP contribution is -2.14. The highest BCUT2D eigenvalue weighted by atomic mass is 32.2. The zero-order valence-corrected chi connectivity index (χ0v) is 20.6. The summed E-state index contributed by atoms with van der Waals surface area (Å²) in [7, 11) is 2.93. The maximum Gasteiger partial charge on any atom is 0.337 e. The van der Waals surface area contributed by atoms with Gasteiger partial charge in [0.1, 0.15) is 22.0 Å². The normalized spacial score (nSPS) is 11.0. The minimum atomic E-state index is -0.433. The zero-order chi connectivity index (χ0) is 24.9. The average Bonchev–Trinajstić information content (AvgIpc) is 3.32. The van der Waals surface area contributed by atoms with Crippen LogP contribution >= 0.6 is 11.8 Å². The van der Waals surface area contributed by atoms with Gasteiger partial charge in [-0.25, -0.2) is 9.48 Å². The first-order chi connectivity index (χ1) is 16.9. The molecule has 1 N–H and O–H groups in total. The summed E-state index contributed by atoms with van der Waals surface area (Å²) in [4.78, 5) is 24.2. The Bertz CT molecular complexity index is 1370. The predicted molar refractivity (Wildman–Crippen MR) is 134 cm³/mol. The topological polar surface area (TPSA) is 108 Å². The number of carbonyl (C=O) groups is 2. The molecule has 10 heteroatoms. The fourth-order valence-corrected chi connectivity index (χ4v) is 4.36. The Kier molecular flexibility index (Phi) is 7.31. The van der Waals surface area contributed by atoms with Crippen molar-refractivity contribution >= 4 is 40.2 Å². The van der Waals surface area contributed by atoms with E-state index in [0.29, 0.717) is 22.0 Å². The van der Waals surface area contributed by atoms with Gasteiger partial charge in [0.25, 0.3) is 0 Å². The Morgan fingerprint density at radius 3 is 2.49 bits per heavy atom. The van der Waals surface area contributed by atoms with Gasteiger partial charge in [-0.2, -0.15) is 10.2 Å². The number of hydrogen-bond donors (Lipinski definition) is 1. The lowest BCUT2D eigenvalue weighted by atomic mass is 10.1. The molecule has 0 fully saturated rings. The second kappa shape index (κ2) is 10.6. The van der Waals surface area contributed by atoms with Crippen molar-refractivity contribution < 1.29 is 19.1 Å². The third-order valence-electron chi connectivity index (χ3n) is 5.29. The molecule has 0 spiro atoms. The second-order valence-electron chi connectivity index (χ2n) is 7.94. The number of fused-ring (bicyclic) bond motifs is 1. The molecule has 4 aromatic rings. The van der Waals surface area contributed by atoms with Crippen molar-refractivity contribution in [3.8, 4) is 11.4 Å². The van der Waals surface area contributed by atoms with Gasteiger partial charge in [-0.1, -0.05) is 37.7 Å². The van der Waals surface area contributed by atoms with Crippen LogP contribution in [0.1, 0.15) is 35.8 Å². The number of nitrogens with one attached hydrogen (secondary N) is 1. The molecule has 0 radical (unpaired) electrons. The van der Waals surface area contributed by atoms with Gasteiger partial charge < -0.3 is 14.8 Å². The summed E-state index contributed by atoms with van der Waals surface area (Å²) in [6, 6.07) is 14.1. The Labute approximate surface area is 206 Å². The van der Waals surface area contributed by atoms with Crippen LogP contribution in [0.3, 0.4) is 0 Å². The van der Waals surface area contributed by atoms with Crippen LogP contribution < -0.4 is 10.1 Å². The van der Waals surface area contributed by atoms with Crippen molar-refractivity contribution in [3.05, 3.63) is 66.0 Å². The molecule has 4 rings (SSSR count). The van der Waals surface area contributed by atoms with Gasteiger partial charge in [0.05, 0.1) is 37.4 Å². The van der Waals surface area contributed by atoms with E-state index in [1.54, 1.807) is 42.3 Å². The van der Waals surface area contributed by atoms with Crippen molar-refractivity contribution in [2.24, 2.45) is 0 Å². The number of ether oxygens (including phenoxy) is 2. The molecular weight excluding hydrogens is 466 g/mol. The summed E-state index contributed by atoms with van der Waals surface area (Å²) in [6.07, 6.45) is 1.78. The molecule has 0 saturated heterocycles. The molecule has 0 aliphatic rings. The number of methoxy groups -OCH3 is 2. The van der Waals surface area contributed by atoms with E-state index in [1.165, 1.54) is 18.9 Å². The number of amides is 1. The molecule has 9 nitrogen and oxygen atoms in total. The molecule has 2 aromatic heterocycles. The summed E-state index contributed by atoms with van der Waals surface area (Å²) in [6.45, 7) is 4.10. The number of benzene rings is 2. The fourth-order valence-electron chi connectivity index (χ4n) is 3.59. The molecule has 2 aromatic carbocycles. The van der Waals surface area contributed by atoms with Crippen molar-refractivity contribution in [3.63, 3.8) is 0 Å². The van der Waals surface area contributed by atoms with Crippen LogP contribution in [0.4, 0.5) is 5.69 Å². The quantitative estimate of drug-likeness (QED) is 0.284. The van der Waals surface area contributed by atoms with Gasteiger partial charge in [-0.15, -0.1) is 5.10 Å². The molecule has 0 saturated carbocycles. The van der Waals surface area contributed by atoms with Crippen molar-refractivity contribution in [1.29, 1.82) is 0 Å². The van der Waals surface area contributed by atoms with Crippen LogP contribution in [0.5, 0.6) is 5.75 Å².